The van der Waals surface area contributed by atoms with Crippen molar-refractivity contribution in [2.24, 2.45) is 0 Å². The van der Waals surface area contributed by atoms with Gasteiger partial charge >= 0.3 is 51.4 Å². The van der Waals surface area contributed by atoms with E-state index in [0.717, 1.165) is 43.1 Å². The first-order chi connectivity index (χ1) is 17.5. The molecule has 5 heteroatoms. The largest absolute Gasteiger partial charge is 1.00 e. The van der Waals surface area contributed by atoms with Crippen molar-refractivity contribution in [3.05, 3.63) is 41.5 Å². The Hall–Kier alpha value is 0.246. The van der Waals surface area contributed by atoms with E-state index in [9.17, 15) is 13.0 Å². The third-order valence-corrected chi connectivity index (χ3v) is 8.44. The van der Waals surface area contributed by atoms with Gasteiger partial charge < -0.3 is 4.55 Å². The summed E-state index contributed by atoms with van der Waals surface area (Å²) in [6.45, 7) is 4.51. The van der Waals surface area contributed by atoms with Crippen LogP contribution in [0.2, 0.25) is 0 Å². The summed E-state index contributed by atoms with van der Waals surface area (Å²) in [5, 5.41) is 1.55. The SMILES string of the molecule is CCCCCCCCCCCc1ccc2cccc(S(=O)(=O)[O-])c2c1CCCCCCCCCCC.[K+]. The minimum Gasteiger partial charge on any atom is -0.744 e. The van der Waals surface area contributed by atoms with Crippen LogP contribution in [0.3, 0.4) is 0 Å². The molecule has 0 aliphatic carbocycles. The fourth-order valence-electron chi connectivity index (χ4n) is 5.43. The Morgan fingerprint density at radius 2 is 1.05 bits per heavy atom. The molecule has 0 amide bonds. The predicted molar refractivity (Wildman–Crippen MR) is 154 cm³/mol. The number of rotatable bonds is 21. The van der Waals surface area contributed by atoms with E-state index < -0.39 is 10.1 Å². The van der Waals surface area contributed by atoms with Crippen molar-refractivity contribution < 1.29 is 64.4 Å². The number of hydrogen-bond donors (Lipinski definition) is 0. The van der Waals surface area contributed by atoms with Gasteiger partial charge in [-0.25, -0.2) is 8.42 Å². The fraction of sp³-hybridized carbons (Fsp3) is 0.688. The Labute approximate surface area is 271 Å². The maximum absolute atomic E-state index is 12.1. The standard InChI is InChI=1S/C32H52O3S.K/c1-3-5-7-9-11-13-15-17-19-22-28-26-27-29-23-21-25-31(36(33,34)35)32(29)30(28)24-20-18-16-14-12-10-8-6-4-2;/h21,23,25-27H,3-20,22,24H2,1-2H3,(H,33,34,35);/q;+1/p-1. The smallest absolute Gasteiger partial charge is 0.744 e. The molecule has 0 fully saturated rings. The average molecular weight is 555 g/mol. The molecular weight excluding hydrogens is 504 g/mol. The van der Waals surface area contributed by atoms with Crippen LogP contribution in [-0.4, -0.2) is 13.0 Å². The van der Waals surface area contributed by atoms with E-state index in [0.29, 0.717) is 5.39 Å². The molecule has 0 radical (unpaired) electrons. The van der Waals surface area contributed by atoms with Crippen molar-refractivity contribution in [2.75, 3.05) is 0 Å². The maximum atomic E-state index is 12.1. The zero-order valence-electron chi connectivity index (χ0n) is 24.2. The van der Waals surface area contributed by atoms with E-state index in [1.54, 1.807) is 6.07 Å². The average Bonchev–Trinajstić information content (AvgIpc) is 2.86. The van der Waals surface area contributed by atoms with Gasteiger partial charge in [-0.2, -0.15) is 0 Å². The first kappa shape index (κ1) is 35.3. The predicted octanol–water partition coefficient (Wildman–Crippen LogP) is 6.89. The molecular formula is C32H51KO3S. The molecule has 0 atom stereocenters. The first-order valence-corrected chi connectivity index (χ1v) is 16.4. The fourth-order valence-corrected chi connectivity index (χ4v) is 6.16. The summed E-state index contributed by atoms with van der Waals surface area (Å²) in [7, 11) is -4.51. The van der Waals surface area contributed by atoms with Crippen LogP contribution in [0.15, 0.2) is 35.2 Å². The molecule has 0 N–H and O–H groups in total. The molecule has 0 aliphatic heterocycles. The Kier molecular flexibility index (Phi) is 20.1. The summed E-state index contributed by atoms with van der Waals surface area (Å²) in [6.07, 6.45) is 24.8. The van der Waals surface area contributed by atoms with Crippen molar-refractivity contribution in [1.29, 1.82) is 0 Å². The van der Waals surface area contributed by atoms with E-state index in [1.807, 2.05) is 12.1 Å². The Morgan fingerprint density at radius 1 is 0.595 bits per heavy atom. The Bertz CT molecular complexity index is 971. The monoisotopic (exact) mass is 554 g/mol. The van der Waals surface area contributed by atoms with Crippen LogP contribution in [-0.2, 0) is 23.0 Å². The van der Waals surface area contributed by atoms with E-state index in [-0.39, 0.29) is 56.3 Å². The molecule has 204 valence electrons. The van der Waals surface area contributed by atoms with Crippen LogP contribution in [0.1, 0.15) is 141 Å². The normalized spacial score (nSPS) is 11.6. The number of fused-ring (bicyclic) bond motifs is 1. The van der Waals surface area contributed by atoms with Gasteiger partial charge in [-0.3, -0.25) is 0 Å². The Balaban J connectivity index is 0.00000684. The van der Waals surface area contributed by atoms with Gasteiger partial charge in [0.15, 0.2) is 0 Å². The van der Waals surface area contributed by atoms with Crippen LogP contribution in [0.4, 0.5) is 0 Å². The van der Waals surface area contributed by atoms with Crippen LogP contribution < -0.4 is 51.4 Å². The third-order valence-electron chi connectivity index (χ3n) is 7.56. The summed E-state index contributed by atoms with van der Waals surface area (Å²) in [4.78, 5) is -0.0418. The van der Waals surface area contributed by atoms with E-state index in [2.05, 4.69) is 19.9 Å². The molecule has 3 nitrogen and oxygen atoms in total. The van der Waals surface area contributed by atoms with E-state index in [4.69, 9.17) is 0 Å². The second-order valence-corrected chi connectivity index (χ2v) is 12.0. The van der Waals surface area contributed by atoms with Gasteiger partial charge in [-0.05, 0) is 48.3 Å². The van der Waals surface area contributed by atoms with Crippen molar-refractivity contribution in [1.82, 2.24) is 0 Å². The zero-order chi connectivity index (χ0) is 26.1. The number of hydrogen-bond acceptors (Lipinski definition) is 3. The second kappa shape index (κ2) is 21.1. The minimum absolute atomic E-state index is 0. The van der Waals surface area contributed by atoms with Crippen LogP contribution in [0, 0.1) is 0 Å². The van der Waals surface area contributed by atoms with Crippen molar-refractivity contribution in [3.63, 3.8) is 0 Å². The molecule has 0 saturated carbocycles. The van der Waals surface area contributed by atoms with Crippen molar-refractivity contribution in [2.45, 2.75) is 147 Å². The molecule has 2 aromatic rings. The molecule has 37 heavy (non-hydrogen) atoms. The van der Waals surface area contributed by atoms with Gasteiger partial charge in [0, 0.05) is 5.39 Å². The van der Waals surface area contributed by atoms with Crippen LogP contribution >= 0.6 is 0 Å². The first-order valence-electron chi connectivity index (χ1n) is 15.0. The van der Waals surface area contributed by atoms with Gasteiger partial charge in [0.25, 0.3) is 0 Å². The van der Waals surface area contributed by atoms with Gasteiger partial charge in [0.2, 0.25) is 0 Å². The molecule has 2 rings (SSSR count). The van der Waals surface area contributed by atoms with Crippen molar-refractivity contribution >= 4 is 20.9 Å². The molecule has 0 saturated heterocycles. The Morgan fingerprint density at radius 3 is 1.54 bits per heavy atom. The summed E-state index contributed by atoms with van der Waals surface area (Å²) < 4.78 is 36.3. The van der Waals surface area contributed by atoms with Gasteiger partial charge in [-0.15, -0.1) is 0 Å². The summed E-state index contributed by atoms with van der Waals surface area (Å²) in [6, 6.07) is 9.30. The summed E-state index contributed by atoms with van der Waals surface area (Å²) in [5.41, 5.74) is 2.34. The topological polar surface area (TPSA) is 57.2 Å². The molecule has 0 spiro atoms. The molecule has 0 bridgehead atoms. The third kappa shape index (κ3) is 13.9. The maximum Gasteiger partial charge on any atom is 1.00 e. The number of benzene rings is 2. The van der Waals surface area contributed by atoms with E-state index >= 15 is 0 Å². The molecule has 0 aliphatic rings. The number of aryl methyl sites for hydroxylation is 2. The molecule has 2 aromatic carbocycles. The summed E-state index contributed by atoms with van der Waals surface area (Å²) in [5.74, 6) is 0. The molecule has 0 heterocycles. The van der Waals surface area contributed by atoms with Gasteiger partial charge in [-0.1, -0.05) is 141 Å². The van der Waals surface area contributed by atoms with Crippen LogP contribution in [0.5, 0.6) is 0 Å². The van der Waals surface area contributed by atoms with Crippen LogP contribution in [0.25, 0.3) is 10.8 Å². The van der Waals surface area contributed by atoms with Crippen molar-refractivity contribution in [3.8, 4) is 0 Å². The molecule has 0 aromatic heterocycles. The minimum atomic E-state index is -4.51. The zero-order valence-corrected chi connectivity index (χ0v) is 28.1. The quantitative estimate of drug-likeness (QED) is 0.0958. The number of unbranched alkanes of at least 4 members (excludes halogenated alkanes) is 16. The van der Waals surface area contributed by atoms with Gasteiger partial charge in [0.1, 0.15) is 10.1 Å². The second-order valence-electron chi connectivity index (χ2n) is 10.7. The van der Waals surface area contributed by atoms with E-state index in [1.165, 1.54) is 108 Å². The molecule has 0 unspecified atom stereocenters. The van der Waals surface area contributed by atoms with Gasteiger partial charge in [0.05, 0.1) is 4.90 Å². The summed E-state index contributed by atoms with van der Waals surface area (Å²) >= 11 is 0.